The number of hydroxylamine groups is 1. The van der Waals surface area contributed by atoms with E-state index in [-0.39, 0.29) is 17.4 Å². The summed E-state index contributed by atoms with van der Waals surface area (Å²) in [5, 5.41) is 8.59. The number of nitrogens with zero attached hydrogens (tertiary/aromatic N) is 1. The zero-order chi connectivity index (χ0) is 12.9. The van der Waals surface area contributed by atoms with Crippen molar-refractivity contribution in [2.75, 3.05) is 6.54 Å². The summed E-state index contributed by atoms with van der Waals surface area (Å²) in [4.78, 5) is 13.6. The number of hydrogen-bond donors (Lipinski definition) is 2. The number of fused-ring (bicyclic) bond motifs is 3. The molecule has 4 nitrogen and oxygen atoms in total. The fourth-order valence-corrected chi connectivity index (χ4v) is 3.20. The van der Waals surface area contributed by atoms with Crippen molar-refractivity contribution < 1.29 is 14.4 Å². The molecule has 0 spiro atoms. The molecule has 5 heteroatoms. The highest BCUT2D eigenvalue weighted by Crippen LogP contribution is 2.44. The third-order valence-corrected chi connectivity index (χ3v) is 3.90. The summed E-state index contributed by atoms with van der Waals surface area (Å²) in [7, 11) is 0. The number of amides is 1. The molecule has 1 aromatic rings. The lowest BCUT2D eigenvalue weighted by molar-refractivity contribution is 0.0706. The van der Waals surface area contributed by atoms with Crippen LogP contribution in [0.25, 0.3) is 0 Å². The third-order valence-electron chi connectivity index (χ3n) is 3.90. The first kappa shape index (κ1) is 11.6. The van der Waals surface area contributed by atoms with Gasteiger partial charge in [-0.15, -0.1) is 0 Å². The van der Waals surface area contributed by atoms with E-state index in [1.807, 2.05) is 0 Å². The van der Waals surface area contributed by atoms with Gasteiger partial charge in [0.05, 0.1) is 0 Å². The van der Waals surface area contributed by atoms with Crippen LogP contribution in [-0.2, 0) is 6.54 Å². The average molecular weight is 250 g/mol. The first-order chi connectivity index (χ1) is 8.60. The summed E-state index contributed by atoms with van der Waals surface area (Å²) in [6.07, 6.45) is 0.968. The molecule has 1 aromatic carbocycles. The number of hydrogen-bond acceptors (Lipinski definition) is 3. The lowest BCUT2D eigenvalue weighted by Crippen LogP contribution is -2.19. The number of halogens is 1. The second-order valence-electron chi connectivity index (χ2n) is 5.26. The van der Waals surface area contributed by atoms with Crippen LogP contribution in [0.15, 0.2) is 12.1 Å². The highest BCUT2D eigenvalue weighted by atomic mass is 19.1. The van der Waals surface area contributed by atoms with Crippen molar-refractivity contribution in [3.05, 3.63) is 34.6 Å². The topological polar surface area (TPSA) is 52.6 Å². The quantitative estimate of drug-likeness (QED) is 0.590. The molecule has 2 N–H and O–H groups in total. The number of benzene rings is 1. The minimum atomic E-state index is -0.669. The second kappa shape index (κ2) is 4.03. The number of nitrogens with one attached hydrogen (secondary N) is 1. The van der Waals surface area contributed by atoms with Gasteiger partial charge in [0.1, 0.15) is 5.82 Å². The summed E-state index contributed by atoms with van der Waals surface area (Å²) in [5.41, 5.74) is 3.30. The van der Waals surface area contributed by atoms with Crippen LogP contribution in [0.4, 0.5) is 4.39 Å². The van der Waals surface area contributed by atoms with Crippen molar-refractivity contribution >= 4 is 5.91 Å². The number of carbonyl (C=O) groups is 1. The molecule has 96 valence electrons. The van der Waals surface area contributed by atoms with Crippen molar-refractivity contribution in [1.29, 1.82) is 0 Å². The fraction of sp³-hybridized carbons (Fsp3) is 0.462. The molecular weight excluding hydrogens is 235 g/mol. The van der Waals surface area contributed by atoms with E-state index in [0.29, 0.717) is 12.5 Å². The largest absolute Gasteiger partial charge is 0.292 e. The maximum absolute atomic E-state index is 14.1. The van der Waals surface area contributed by atoms with Crippen molar-refractivity contribution in [3.8, 4) is 0 Å². The molecule has 1 saturated heterocycles. The smallest absolute Gasteiger partial charge is 0.274 e. The van der Waals surface area contributed by atoms with Crippen molar-refractivity contribution in [1.82, 2.24) is 10.4 Å². The van der Waals surface area contributed by atoms with Crippen LogP contribution in [-0.4, -0.2) is 22.6 Å². The number of carbonyl (C=O) groups excluding carboxylic acids is 1. The van der Waals surface area contributed by atoms with Crippen molar-refractivity contribution in [2.45, 2.75) is 25.9 Å². The fourth-order valence-electron chi connectivity index (χ4n) is 3.20. The van der Waals surface area contributed by atoms with E-state index in [2.05, 4.69) is 11.8 Å². The Labute approximate surface area is 104 Å². The van der Waals surface area contributed by atoms with Crippen LogP contribution >= 0.6 is 0 Å². The standard InChI is InChI=1S/C13H15FN2O2/c1-7-2-11-12-9(6-16(11)5-7)3-8(4-10(12)14)13(17)15-18/h3-4,7,11,18H,2,5-6H2,1H3,(H,15,17)/t7-,11-/m0/s1. The first-order valence-electron chi connectivity index (χ1n) is 6.11. The van der Waals surface area contributed by atoms with Crippen LogP contribution in [0.1, 0.15) is 40.9 Å². The summed E-state index contributed by atoms with van der Waals surface area (Å²) in [6, 6.07) is 3.03. The molecule has 1 amide bonds. The Hall–Kier alpha value is -1.46. The van der Waals surface area contributed by atoms with Gasteiger partial charge in [-0.2, -0.15) is 0 Å². The molecule has 0 radical (unpaired) electrons. The summed E-state index contributed by atoms with van der Waals surface area (Å²) < 4.78 is 14.1. The van der Waals surface area contributed by atoms with Gasteiger partial charge in [-0.25, -0.2) is 9.87 Å². The maximum atomic E-state index is 14.1. The average Bonchev–Trinajstić information content (AvgIpc) is 2.82. The molecule has 0 aromatic heterocycles. The summed E-state index contributed by atoms with van der Waals surface area (Å²) >= 11 is 0. The van der Waals surface area contributed by atoms with E-state index in [4.69, 9.17) is 5.21 Å². The van der Waals surface area contributed by atoms with Crippen LogP contribution in [0.2, 0.25) is 0 Å². The predicted molar refractivity (Wildman–Crippen MR) is 62.6 cm³/mol. The molecule has 2 atom stereocenters. The first-order valence-corrected chi connectivity index (χ1v) is 6.11. The second-order valence-corrected chi connectivity index (χ2v) is 5.26. The lowest BCUT2D eigenvalue weighted by atomic mass is 9.96. The molecule has 2 aliphatic heterocycles. The maximum Gasteiger partial charge on any atom is 0.274 e. The Morgan fingerprint density at radius 2 is 2.33 bits per heavy atom. The van der Waals surface area contributed by atoms with Gasteiger partial charge in [0.2, 0.25) is 0 Å². The van der Waals surface area contributed by atoms with Gasteiger partial charge in [0.15, 0.2) is 0 Å². The molecule has 2 aliphatic rings. The highest BCUT2D eigenvalue weighted by Gasteiger charge is 2.39. The predicted octanol–water partition coefficient (Wildman–Crippen LogP) is 1.84. The molecule has 0 bridgehead atoms. The van der Waals surface area contributed by atoms with Crippen molar-refractivity contribution in [2.24, 2.45) is 5.92 Å². The minimum absolute atomic E-state index is 0.154. The monoisotopic (exact) mass is 250 g/mol. The van der Waals surface area contributed by atoms with E-state index < -0.39 is 5.91 Å². The van der Waals surface area contributed by atoms with Gasteiger partial charge in [0.25, 0.3) is 5.91 Å². The Bertz CT molecular complexity index is 518. The SMILES string of the molecule is C[C@H]1C[C@H]2c3c(F)cc(C(=O)NO)cc3CN2C1. The van der Waals surface area contributed by atoms with E-state index in [1.54, 1.807) is 6.07 Å². The molecule has 2 heterocycles. The molecule has 1 fully saturated rings. The van der Waals surface area contributed by atoms with E-state index in [9.17, 15) is 9.18 Å². The molecule has 0 unspecified atom stereocenters. The van der Waals surface area contributed by atoms with E-state index >= 15 is 0 Å². The third kappa shape index (κ3) is 1.62. The van der Waals surface area contributed by atoms with E-state index in [1.165, 1.54) is 11.5 Å². The van der Waals surface area contributed by atoms with Gasteiger partial charge in [-0.1, -0.05) is 6.92 Å². The van der Waals surface area contributed by atoms with Gasteiger partial charge in [-0.05, 0) is 30.0 Å². The molecule has 0 saturated carbocycles. The summed E-state index contributed by atoms with van der Waals surface area (Å²) in [5.74, 6) is -0.423. The van der Waals surface area contributed by atoms with E-state index in [0.717, 1.165) is 24.1 Å². The Balaban J connectivity index is 2.02. The number of rotatable bonds is 1. The normalized spacial score (nSPS) is 25.9. The minimum Gasteiger partial charge on any atom is -0.292 e. The highest BCUT2D eigenvalue weighted by molar-refractivity contribution is 5.93. The Morgan fingerprint density at radius 1 is 1.56 bits per heavy atom. The van der Waals surface area contributed by atoms with Crippen LogP contribution in [0, 0.1) is 11.7 Å². The van der Waals surface area contributed by atoms with Gasteiger partial charge in [0, 0.05) is 30.3 Å². The summed E-state index contributed by atoms with van der Waals surface area (Å²) in [6.45, 7) is 3.83. The Kier molecular flexibility index (Phi) is 2.60. The zero-order valence-corrected chi connectivity index (χ0v) is 10.1. The molecule has 3 rings (SSSR count). The van der Waals surface area contributed by atoms with Crippen LogP contribution in [0.3, 0.4) is 0 Å². The van der Waals surface area contributed by atoms with Gasteiger partial charge < -0.3 is 0 Å². The van der Waals surface area contributed by atoms with Crippen LogP contribution in [0.5, 0.6) is 0 Å². The van der Waals surface area contributed by atoms with Crippen molar-refractivity contribution in [3.63, 3.8) is 0 Å². The zero-order valence-electron chi connectivity index (χ0n) is 10.1. The molecule has 18 heavy (non-hydrogen) atoms. The molecule has 0 aliphatic carbocycles. The molecular formula is C13H15FN2O2. The lowest BCUT2D eigenvalue weighted by Gasteiger charge is -2.14. The van der Waals surface area contributed by atoms with Gasteiger partial charge in [-0.3, -0.25) is 14.9 Å². The van der Waals surface area contributed by atoms with Gasteiger partial charge >= 0.3 is 0 Å². The Morgan fingerprint density at radius 3 is 3.06 bits per heavy atom. The van der Waals surface area contributed by atoms with Crippen LogP contribution < -0.4 is 5.48 Å².